The number of rotatable bonds is 4. The molecule has 0 fully saturated rings. The van der Waals surface area contributed by atoms with Gasteiger partial charge in [0.1, 0.15) is 11.9 Å². The summed E-state index contributed by atoms with van der Waals surface area (Å²) in [5.74, 6) is -1.47. The van der Waals surface area contributed by atoms with E-state index in [0.717, 1.165) is 11.6 Å². The Morgan fingerprint density at radius 2 is 2.10 bits per heavy atom. The molecule has 0 saturated carbocycles. The van der Waals surface area contributed by atoms with Gasteiger partial charge in [0.25, 0.3) is 0 Å². The number of aromatic carboxylic acids is 1. The first-order chi connectivity index (χ1) is 10.0. The van der Waals surface area contributed by atoms with E-state index in [0.29, 0.717) is 16.7 Å². The number of nitrogens with one attached hydrogen (secondary N) is 1. The molecule has 0 spiro atoms. The second kappa shape index (κ2) is 6.37. The molecule has 0 heterocycles. The van der Waals surface area contributed by atoms with Crippen molar-refractivity contribution in [2.45, 2.75) is 6.54 Å². The molecule has 6 heteroatoms. The highest BCUT2D eigenvalue weighted by Gasteiger charge is 2.08. The SMILES string of the molecule is N#Cc1cc(F)ccc1NCc1ccc(C(=O)O)cc1Br. The zero-order valence-corrected chi connectivity index (χ0v) is 12.3. The number of nitriles is 1. The van der Waals surface area contributed by atoms with Crippen LogP contribution in [-0.4, -0.2) is 11.1 Å². The number of halogens is 2. The van der Waals surface area contributed by atoms with Gasteiger partial charge >= 0.3 is 5.97 Å². The minimum absolute atomic E-state index is 0.185. The molecular weight excluding hydrogens is 339 g/mol. The molecule has 21 heavy (non-hydrogen) atoms. The third-order valence-corrected chi connectivity index (χ3v) is 3.61. The minimum atomic E-state index is -1.000. The number of carbonyl (C=O) groups is 1. The Morgan fingerprint density at radius 1 is 1.33 bits per heavy atom. The predicted molar refractivity (Wildman–Crippen MR) is 79.5 cm³/mol. The summed E-state index contributed by atoms with van der Waals surface area (Å²) in [5.41, 5.74) is 1.75. The van der Waals surface area contributed by atoms with E-state index in [2.05, 4.69) is 21.2 Å². The number of carboxylic acid groups (broad SMARTS) is 1. The summed E-state index contributed by atoms with van der Waals surface area (Å²) >= 11 is 3.31. The van der Waals surface area contributed by atoms with Crippen LogP contribution in [-0.2, 0) is 6.54 Å². The molecule has 2 N–H and O–H groups in total. The molecule has 2 rings (SSSR count). The largest absolute Gasteiger partial charge is 0.478 e. The molecule has 0 aliphatic carbocycles. The van der Waals surface area contributed by atoms with Crippen LogP contribution in [0.5, 0.6) is 0 Å². The Bertz CT molecular complexity index is 741. The van der Waals surface area contributed by atoms with Crippen LogP contribution < -0.4 is 5.32 Å². The highest BCUT2D eigenvalue weighted by Crippen LogP contribution is 2.22. The molecule has 2 aromatic rings. The lowest BCUT2D eigenvalue weighted by atomic mass is 10.1. The quantitative estimate of drug-likeness (QED) is 0.881. The maximum atomic E-state index is 13.0. The van der Waals surface area contributed by atoms with Crippen molar-refractivity contribution in [2.24, 2.45) is 0 Å². The lowest BCUT2D eigenvalue weighted by molar-refractivity contribution is 0.0697. The molecule has 0 aromatic heterocycles. The van der Waals surface area contributed by atoms with Crippen molar-refractivity contribution < 1.29 is 14.3 Å². The van der Waals surface area contributed by atoms with Crippen LogP contribution in [0.2, 0.25) is 0 Å². The normalized spacial score (nSPS) is 9.95. The number of anilines is 1. The summed E-state index contributed by atoms with van der Waals surface area (Å²) in [6.45, 7) is 0.376. The number of benzene rings is 2. The van der Waals surface area contributed by atoms with E-state index in [1.165, 1.54) is 24.3 Å². The first kappa shape index (κ1) is 15.0. The van der Waals surface area contributed by atoms with Crippen molar-refractivity contribution in [3.8, 4) is 6.07 Å². The van der Waals surface area contributed by atoms with E-state index in [4.69, 9.17) is 10.4 Å². The Hall–Kier alpha value is -2.39. The fraction of sp³-hybridized carbons (Fsp3) is 0.0667. The average Bonchev–Trinajstić information content (AvgIpc) is 2.46. The molecule has 0 radical (unpaired) electrons. The van der Waals surface area contributed by atoms with Crippen LogP contribution >= 0.6 is 15.9 Å². The van der Waals surface area contributed by atoms with E-state index >= 15 is 0 Å². The topological polar surface area (TPSA) is 73.1 Å². The fourth-order valence-corrected chi connectivity index (χ4v) is 2.30. The third-order valence-electron chi connectivity index (χ3n) is 2.87. The van der Waals surface area contributed by atoms with E-state index in [9.17, 15) is 9.18 Å². The summed E-state index contributed by atoms with van der Waals surface area (Å²) in [6, 6.07) is 10.5. The summed E-state index contributed by atoms with van der Waals surface area (Å²) in [7, 11) is 0. The Balaban J connectivity index is 2.17. The predicted octanol–water partition coefficient (Wildman–Crippen LogP) is 3.77. The van der Waals surface area contributed by atoms with Crippen LogP contribution in [0.3, 0.4) is 0 Å². The molecule has 0 atom stereocenters. The number of nitrogens with zero attached hydrogens (tertiary/aromatic N) is 1. The van der Waals surface area contributed by atoms with Gasteiger partial charge in [-0.1, -0.05) is 22.0 Å². The summed E-state index contributed by atoms with van der Waals surface area (Å²) in [4.78, 5) is 10.9. The van der Waals surface area contributed by atoms with E-state index < -0.39 is 11.8 Å². The van der Waals surface area contributed by atoms with Gasteiger partial charge in [0.05, 0.1) is 16.8 Å². The zero-order valence-electron chi connectivity index (χ0n) is 10.7. The lowest BCUT2D eigenvalue weighted by Gasteiger charge is -2.10. The summed E-state index contributed by atoms with van der Waals surface area (Å²) < 4.78 is 13.7. The maximum Gasteiger partial charge on any atom is 0.335 e. The van der Waals surface area contributed by atoms with E-state index in [1.807, 2.05) is 6.07 Å². The Kier molecular flexibility index (Phi) is 4.55. The van der Waals surface area contributed by atoms with Gasteiger partial charge in [-0.25, -0.2) is 9.18 Å². The molecule has 0 unspecified atom stereocenters. The van der Waals surface area contributed by atoms with Crippen LogP contribution in [0.15, 0.2) is 40.9 Å². The summed E-state index contributed by atoms with van der Waals surface area (Å²) in [5, 5.41) is 20.9. The lowest BCUT2D eigenvalue weighted by Crippen LogP contribution is -2.04. The molecule has 0 saturated heterocycles. The van der Waals surface area contributed by atoms with Crippen molar-refractivity contribution in [1.82, 2.24) is 0 Å². The second-order valence-electron chi connectivity index (χ2n) is 4.27. The highest BCUT2D eigenvalue weighted by atomic mass is 79.9. The van der Waals surface area contributed by atoms with Gasteiger partial charge in [-0.15, -0.1) is 0 Å². The van der Waals surface area contributed by atoms with E-state index in [1.54, 1.807) is 6.07 Å². The van der Waals surface area contributed by atoms with Gasteiger partial charge in [0.15, 0.2) is 0 Å². The monoisotopic (exact) mass is 348 g/mol. The second-order valence-corrected chi connectivity index (χ2v) is 5.12. The van der Waals surface area contributed by atoms with Crippen molar-refractivity contribution in [1.29, 1.82) is 5.26 Å². The number of hydrogen-bond donors (Lipinski definition) is 2. The minimum Gasteiger partial charge on any atom is -0.478 e. The van der Waals surface area contributed by atoms with Gasteiger partial charge in [0.2, 0.25) is 0 Å². The highest BCUT2D eigenvalue weighted by molar-refractivity contribution is 9.10. The summed E-state index contributed by atoms with van der Waals surface area (Å²) in [6.07, 6.45) is 0. The van der Waals surface area contributed by atoms with Crippen LogP contribution in [0.1, 0.15) is 21.5 Å². The average molecular weight is 349 g/mol. The van der Waals surface area contributed by atoms with Crippen molar-refractivity contribution in [3.05, 3.63) is 63.4 Å². The third kappa shape index (κ3) is 3.58. The van der Waals surface area contributed by atoms with E-state index in [-0.39, 0.29) is 11.1 Å². The Morgan fingerprint density at radius 3 is 2.71 bits per heavy atom. The van der Waals surface area contributed by atoms with Crippen molar-refractivity contribution in [2.75, 3.05) is 5.32 Å². The van der Waals surface area contributed by atoms with Gasteiger partial charge in [-0.2, -0.15) is 5.26 Å². The standard InChI is InChI=1S/C15H10BrFN2O2/c16-13-6-9(15(20)21)1-2-10(13)8-19-14-4-3-12(17)5-11(14)7-18/h1-6,19H,8H2,(H,20,21). The molecule has 0 bridgehead atoms. The number of hydrogen-bond acceptors (Lipinski definition) is 3. The van der Waals surface area contributed by atoms with Crippen molar-refractivity contribution >= 4 is 27.6 Å². The van der Waals surface area contributed by atoms with Crippen LogP contribution in [0.25, 0.3) is 0 Å². The van der Waals surface area contributed by atoms with Gasteiger partial charge in [-0.05, 0) is 35.9 Å². The first-order valence-corrected chi connectivity index (χ1v) is 6.76. The molecule has 106 valence electrons. The smallest absolute Gasteiger partial charge is 0.335 e. The van der Waals surface area contributed by atoms with Crippen molar-refractivity contribution in [3.63, 3.8) is 0 Å². The fourth-order valence-electron chi connectivity index (χ4n) is 1.78. The molecule has 2 aromatic carbocycles. The maximum absolute atomic E-state index is 13.0. The molecule has 0 aliphatic rings. The van der Waals surface area contributed by atoms with Gasteiger partial charge in [0, 0.05) is 11.0 Å². The number of carboxylic acids is 1. The molecule has 4 nitrogen and oxygen atoms in total. The molecule has 0 amide bonds. The van der Waals surface area contributed by atoms with Gasteiger partial charge in [-0.3, -0.25) is 0 Å². The Labute approximate surface area is 129 Å². The zero-order chi connectivity index (χ0) is 15.4. The van der Waals surface area contributed by atoms with Gasteiger partial charge < -0.3 is 10.4 Å². The molecular formula is C15H10BrFN2O2. The molecule has 0 aliphatic heterocycles. The van der Waals surface area contributed by atoms with Crippen LogP contribution in [0, 0.1) is 17.1 Å². The first-order valence-electron chi connectivity index (χ1n) is 5.96. The van der Waals surface area contributed by atoms with Crippen LogP contribution in [0.4, 0.5) is 10.1 Å².